The molecular weight excluding hydrogens is 396 g/mol. The predicted octanol–water partition coefficient (Wildman–Crippen LogP) is 4.37. The van der Waals surface area contributed by atoms with Crippen LogP contribution in [0.15, 0.2) is 55.1 Å². The number of imidazole rings is 1. The quantitative estimate of drug-likeness (QED) is 0.533. The summed E-state index contributed by atoms with van der Waals surface area (Å²) in [5, 5.41) is 0.732. The fraction of sp³-hybridized carbons (Fsp3) is 0.261. The van der Waals surface area contributed by atoms with Crippen LogP contribution in [0.1, 0.15) is 24.4 Å². The monoisotopic (exact) mass is 417 g/mol. The Labute approximate surface area is 180 Å². The number of hydrogen-bond donors (Lipinski definition) is 1. The lowest BCUT2D eigenvalue weighted by molar-refractivity contribution is 0.181. The van der Waals surface area contributed by atoms with Crippen molar-refractivity contribution in [3.8, 4) is 11.1 Å². The summed E-state index contributed by atoms with van der Waals surface area (Å²) in [6.45, 7) is 3.02. The van der Waals surface area contributed by atoms with Crippen LogP contribution in [-0.2, 0) is 6.54 Å². The molecule has 5 rings (SSSR count). The van der Waals surface area contributed by atoms with Gasteiger partial charge in [-0.05, 0) is 47.7 Å². The molecule has 0 bridgehead atoms. The van der Waals surface area contributed by atoms with Gasteiger partial charge in [-0.3, -0.25) is 4.90 Å². The fourth-order valence-electron chi connectivity index (χ4n) is 4.15. The highest BCUT2D eigenvalue weighted by atomic mass is 35.5. The number of nitrogen functional groups attached to an aromatic ring is 1. The van der Waals surface area contributed by atoms with Crippen LogP contribution in [0.25, 0.3) is 22.3 Å². The van der Waals surface area contributed by atoms with Crippen molar-refractivity contribution in [1.29, 1.82) is 0 Å². The maximum Gasteiger partial charge on any atom is 0.165 e. The summed E-state index contributed by atoms with van der Waals surface area (Å²) in [5.41, 5.74) is 10.9. The Kier molecular flexibility index (Phi) is 5.11. The molecule has 0 aliphatic carbocycles. The fourth-order valence-corrected chi connectivity index (χ4v) is 4.32. The van der Waals surface area contributed by atoms with Gasteiger partial charge in [-0.1, -0.05) is 41.9 Å². The first kappa shape index (κ1) is 19.0. The summed E-state index contributed by atoms with van der Waals surface area (Å²) in [4.78, 5) is 15.3. The Morgan fingerprint density at radius 2 is 1.87 bits per heavy atom. The molecule has 0 spiro atoms. The van der Waals surface area contributed by atoms with E-state index in [1.54, 1.807) is 0 Å². The maximum absolute atomic E-state index is 6.10. The minimum Gasteiger partial charge on any atom is -0.382 e. The summed E-state index contributed by atoms with van der Waals surface area (Å²) in [6, 6.07) is 18.0. The number of anilines is 1. The minimum atomic E-state index is 0.390. The first-order chi connectivity index (χ1) is 14.7. The number of fused-ring (bicyclic) bond motifs is 1. The zero-order valence-corrected chi connectivity index (χ0v) is 17.3. The summed E-state index contributed by atoms with van der Waals surface area (Å²) in [6.07, 6.45) is 5.48. The van der Waals surface area contributed by atoms with Crippen LogP contribution in [0.3, 0.4) is 0 Å². The number of likely N-dealkylation sites (tertiary alicyclic amines) is 1. The van der Waals surface area contributed by atoms with Gasteiger partial charge in [0.1, 0.15) is 11.8 Å². The molecule has 0 unspecified atom stereocenters. The molecule has 1 aliphatic heterocycles. The van der Waals surface area contributed by atoms with Crippen LogP contribution >= 0.6 is 11.6 Å². The molecule has 0 atom stereocenters. The van der Waals surface area contributed by atoms with Gasteiger partial charge in [0.15, 0.2) is 11.5 Å². The highest BCUT2D eigenvalue weighted by Crippen LogP contribution is 2.28. The largest absolute Gasteiger partial charge is 0.382 e. The summed E-state index contributed by atoms with van der Waals surface area (Å²) in [5.74, 6) is 0.440. The maximum atomic E-state index is 6.10. The van der Waals surface area contributed by atoms with E-state index in [-0.39, 0.29) is 0 Å². The van der Waals surface area contributed by atoms with Crippen molar-refractivity contribution in [2.45, 2.75) is 25.4 Å². The zero-order valence-electron chi connectivity index (χ0n) is 16.5. The summed E-state index contributed by atoms with van der Waals surface area (Å²) < 4.78 is 2.15. The standard InChI is InChI=1S/C23H22ClN6/c24-19-3-1-2-18(12-19)17-6-4-16(5-7-17)13-29-10-8-20(9-11-29)30-15-28-21-22(25)26-14-27-23(21)30/h1,3-7,12,14-15,20H,8-11,13H2,(H2,25,26,27). The molecule has 0 saturated carbocycles. The molecule has 3 heterocycles. The van der Waals surface area contributed by atoms with Gasteiger partial charge >= 0.3 is 0 Å². The molecule has 1 aliphatic rings. The third-order valence-electron chi connectivity index (χ3n) is 5.77. The molecule has 7 heteroatoms. The Morgan fingerprint density at radius 1 is 1.07 bits per heavy atom. The van der Waals surface area contributed by atoms with Crippen LogP contribution in [-0.4, -0.2) is 37.5 Å². The van der Waals surface area contributed by atoms with Gasteiger partial charge in [0.2, 0.25) is 0 Å². The molecule has 2 aromatic carbocycles. The first-order valence-corrected chi connectivity index (χ1v) is 10.5. The van der Waals surface area contributed by atoms with Crippen molar-refractivity contribution in [2.75, 3.05) is 18.8 Å². The molecule has 30 heavy (non-hydrogen) atoms. The smallest absolute Gasteiger partial charge is 0.165 e. The van der Waals surface area contributed by atoms with Crippen molar-refractivity contribution in [3.63, 3.8) is 0 Å². The van der Waals surface area contributed by atoms with E-state index in [0.717, 1.165) is 54.3 Å². The Morgan fingerprint density at radius 3 is 2.63 bits per heavy atom. The second-order valence-corrected chi connectivity index (χ2v) is 8.14. The van der Waals surface area contributed by atoms with E-state index in [9.17, 15) is 0 Å². The lowest BCUT2D eigenvalue weighted by Crippen LogP contribution is -2.34. The molecule has 1 fully saturated rings. The lowest BCUT2D eigenvalue weighted by atomic mass is 10.0. The van der Waals surface area contributed by atoms with Crippen LogP contribution in [0.5, 0.6) is 0 Å². The molecule has 4 aromatic rings. The number of hydrogen-bond acceptors (Lipinski definition) is 5. The number of nitrogens with zero attached hydrogens (tertiary/aromatic N) is 5. The van der Waals surface area contributed by atoms with Crippen molar-refractivity contribution < 1.29 is 0 Å². The topological polar surface area (TPSA) is 72.9 Å². The van der Waals surface area contributed by atoms with Crippen LogP contribution in [0, 0.1) is 6.07 Å². The molecule has 151 valence electrons. The van der Waals surface area contributed by atoms with Gasteiger partial charge in [0.05, 0.1) is 6.33 Å². The van der Waals surface area contributed by atoms with Gasteiger partial charge in [-0.25, -0.2) is 15.0 Å². The van der Waals surface area contributed by atoms with Gasteiger partial charge in [-0.15, -0.1) is 0 Å². The SMILES string of the molecule is Nc1ncnc2c1ncn2C1CCN(Cc2ccc(-c3[c]ccc(Cl)c3)cc2)CC1. The van der Waals surface area contributed by atoms with E-state index >= 15 is 0 Å². The lowest BCUT2D eigenvalue weighted by Gasteiger charge is -2.32. The number of halogens is 1. The molecule has 2 aromatic heterocycles. The van der Waals surface area contributed by atoms with E-state index < -0.39 is 0 Å². The number of aromatic nitrogens is 4. The highest BCUT2D eigenvalue weighted by Gasteiger charge is 2.23. The number of piperidine rings is 1. The third-order valence-corrected chi connectivity index (χ3v) is 6.01. The number of benzene rings is 2. The van der Waals surface area contributed by atoms with Gasteiger partial charge in [-0.2, -0.15) is 0 Å². The normalized spacial score (nSPS) is 15.6. The Bertz CT molecular complexity index is 1160. The van der Waals surface area contributed by atoms with Gasteiger partial charge in [0, 0.05) is 30.7 Å². The van der Waals surface area contributed by atoms with Gasteiger partial charge < -0.3 is 10.3 Å². The number of nitrogens with two attached hydrogens (primary N) is 1. The summed E-state index contributed by atoms with van der Waals surface area (Å²) in [7, 11) is 0. The van der Waals surface area contributed by atoms with Crippen molar-refractivity contribution in [1.82, 2.24) is 24.4 Å². The number of rotatable bonds is 4. The second kappa shape index (κ2) is 8.05. The molecule has 1 radical (unpaired) electrons. The summed E-state index contributed by atoms with van der Waals surface area (Å²) >= 11 is 6.10. The van der Waals surface area contributed by atoms with Crippen molar-refractivity contribution in [3.05, 3.63) is 71.8 Å². The average molecular weight is 418 g/mol. The average Bonchev–Trinajstić information content (AvgIpc) is 3.20. The van der Waals surface area contributed by atoms with Gasteiger partial charge in [0.25, 0.3) is 0 Å². The second-order valence-electron chi connectivity index (χ2n) is 7.71. The third kappa shape index (κ3) is 3.76. The predicted molar refractivity (Wildman–Crippen MR) is 119 cm³/mol. The molecule has 2 N–H and O–H groups in total. The molecule has 1 saturated heterocycles. The first-order valence-electron chi connectivity index (χ1n) is 10.1. The van der Waals surface area contributed by atoms with Crippen molar-refractivity contribution in [2.24, 2.45) is 0 Å². The Hall–Kier alpha value is -2.96. The van der Waals surface area contributed by atoms with E-state index in [4.69, 9.17) is 17.3 Å². The van der Waals surface area contributed by atoms with Crippen molar-refractivity contribution >= 4 is 28.6 Å². The van der Waals surface area contributed by atoms with Crippen LogP contribution in [0.2, 0.25) is 5.02 Å². The highest BCUT2D eigenvalue weighted by molar-refractivity contribution is 6.30. The molecule has 6 nitrogen and oxygen atoms in total. The van der Waals surface area contributed by atoms with E-state index in [1.807, 2.05) is 24.5 Å². The van der Waals surface area contributed by atoms with E-state index in [0.29, 0.717) is 17.4 Å². The zero-order chi connectivity index (χ0) is 20.5. The van der Waals surface area contributed by atoms with Crippen LogP contribution in [0.4, 0.5) is 5.82 Å². The Balaban J connectivity index is 1.22. The molecular formula is C23H22ClN6. The minimum absolute atomic E-state index is 0.390. The van der Waals surface area contributed by atoms with Crippen LogP contribution < -0.4 is 5.73 Å². The molecule has 0 amide bonds. The van der Waals surface area contributed by atoms with E-state index in [1.165, 1.54) is 11.9 Å². The van der Waals surface area contributed by atoms with E-state index in [2.05, 4.69) is 54.8 Å².